The van der Waals surface area contributed by atoms with Crippen LogP contribution in [-0.4, -0.2) is 10.9 Å². The number of carbonyl (C=O) groups excluding carboxylic acids is 1. The lowest BCUT2D eigenvalue weighted by Crippen LogP contribution is -2.22. The van der Waals surface area contributed by atoms with Gasteiger partial charge in [-0.15, -0.1) is 0 Å². The molecule has 0 aliphatic rings. The number of amides is 1. The number of aromatic nitrogens is 1. The number of rotatable bonds is 3. The molecule has 4 nitrogen and oxygen atoms in total. The number of anilines is 1. The molecule has 0 aliphatic heterocycles. The van der Waals surface area contributed by atoms with Crippen LogP contribution in [0.1, 0.15) is 15.9 Å². The van der Waals surface area contributed by atoms with Crippen LogP contribution >= 0.6 is 0 Å². The van der Waals surface area contributed by atoms with Gasteiger partial charge in [-0.1, -0.05) is 12.1 Å². The van der Waals surface area contributed by atoms with Gasteiger partial charge in [0, 0.05) is 24.6 Å². The topological polar surface area (TPSA) is 68.0 Å². The maximum absolute atomic E-state index is 11.7. The van der Waals surface area contributed by atoms with E-state index in [-0.39, 0.29) is 5.91 Å². The third-order valence-electron chi connectivity index (χ3n) is 2.33. The summed E-state index contributed by atoms with van der Waals surface area (Å²) in [4.78, 5) is 15.6. The molecule has 0 spiro atoms. The average molecular weight is 227 g/mol. The standard InChI is InChI=1S/C13H13N3O/c14-12-5-1-3-10(7-12)8-16-13(17)11-4-2-6-15-9-11/h1-7,9H,8,14H2,(H,16,17). The van der Waals surface area contributed by atoms with Crippen molar-refractivity contribution < 1.29 is 4.79 Å². The zero-order chi connectivity index (χ0) is 12.1. The fraction of sp³-hybridized carbons (Fsp3) is 0.0769. The average Bonchev–Trinajstić information content (AvgIpc) is 2.37. The van der Waals surface area contributed by atoms with Gasteiger partial charge in [-0.3, -0.25) is 9.78 Å². The van der Waals surface area contributed by atoms with E-state index in [0.717, 1.165) is 5.56 Å². The Bertz CT molecular complexity index is 511. The highest BCUT2D eigenvalue weighted by atomic mass is 16.1. The first-order chi connectivity index (χ1) is 8.25. The second kappa shape index (κ2) is 5.12. The molecule has 0 saturated heterocycles. The number of benzene rings is 1. The Morgan fingerprint density at radius 2 is 2.18 bits per heavy atom. The van der Waals surface area contributed by atoms with Crippen molar-refractivity contribution in [1.29, 1.82) is 0 Å². The maximum Gasteiger partial charge on any atom is 0.253 e. The molecule has 0 radical (unpaired) electrons. The van der Waals surface area contributed by atoms with Crippen LogP contribution in [0.15, 0.2) is 48.8 Å². The summed E-state index contributed by atoms with van der Waals surface area (Å²) in [5, 5.41) is 2.81. The summed E-state index contributed by atoms with van der Waals surface area (Å²) in [5.41, 5.74) is 7.87. The van der Waals surface area contributed by atoms with Crippen molar-refractivity contribution in [3.8, 4) is 0 Å². The van der Waals surface area contributed by atoms with Crippen molar-refractivity contribution in [2.45, 2.75) is 6.54 Å². The van der Waals surface area contributed by atoms with Crippen LogP contribution in [0.25, 0.3) is 0 Å². The minimum atomic E-state index is -0.138. The third kappa shape index (κ3) is 3.04. The van der Waals surface area contributed by atoms with E-state index in [9.17, 15) is 4.79 Å². The van der Waals surface area contributed by atoms with Gasteiger partial charge >= 0.3 is 0 Å². The highest BCUT2D eigenvalue weighted by Crippen LogP contribution is 2.06. The van der Waals surface area contributed by atoms with Crippen LogP contribution in [-0.2, 0) is 6.54 Å². The van der Waals surface area contributed by atoms with Crippen LogP contribution in [0.5, 0.6) is 0 Å². The number of carbonyl (C=O) groups is 1. The second-order valence-electron chi connectivity index (χ2n) is 3.67. The van der Waals surface area contributed by atoms with E-state index in [1.807, 2.05) is 24.3 Å². The molecule has 1 amide bonds. The Morgan fingerprint density at radius 3 is 2.88 bits per heavy atom. The van der Waals surface area contributed by atoms with E-state index in [1.165, 1.54) is 6.20 Å². The van der Waals surface area contributed by atoms with Gasteiger partial charge in [-0.2, -0.15) is 0 Å². The molecule has 1 heterocycles. The molecule has 17 heavy (non-hydrogen) atoms. The summed E-state index contributed by atoms with van der Waals surface area (Å²) >= 11 is 0. The van der Waals surface area contributed by atoms with E-state index in [0.29, 0.717) is 17.8 Å². The summed E-state index contributed by atoms with van der Waals surface area (Å²) < 4.78 is 0. The lowest BCUT2D eigenvalue weighted by atomic mass is 10.2. The fourth-order valence-corrected chi connectivity index (χ4v) is 1.48. The maximum atomic E-state index is 11.7. The van der Waals surface area contributed by atoms with E-state index < -0.39 is 0 Å². The molecular weight excluding hydrogens is 214 g/mol. The Labute approximate surface area is 99.5 Å². The number of nitrogens with one attached hydrogen (secondary N) is 1. The SMILES string of the molecule is Nc1cccc(CNC(=O)c2cccnc2)c1. The predicted octanol–water partition coefficient (Wildman–Crippen LogP) is 1.59. The first-order valence-electron chi connectivity index (χ1n) is 5.28. The first-order valence-corrected chi connectivity index (χ1v) is 5.28. The molecule has 0 atom stereocenters. The summed E-state index contributed by atoms with van der Waals surface area (Å²) in [6.07, 6.45) is 3.17. The van der Waals surface area contributed by atoms with Crippen molar-refractivity contribution >= 4 is 11.6 Å². The molecule has 0 bridgehead atoms. The normalized spacial score (nSPS) is 9.88. The molecule has 0 fully saturated rings. The zero-order valence-corrected chi connectivity index (χ0v) is 9.26. The minimum Gasteiger partial charge on any atom is -0.399 e. The zero-order valence-electron chi connectivity index (χ0n) is 9.26. The Kier molecular flexibility index (Phi) is 3.35. The highest BCUT2D eigenvalue weighted by Gasteiger charge is 2.04. The van der Waals surface area contributed by atoms with E-state index in [1.54, 1.807) is 18.3 Å². The molecule has 3 N–H and O–H groups in total. The van der Waals surface area contributed by atoms with Crippen LogP contribution in [0.4, 0.5) is 5.69 Å². The minimum absolute atomic E-state index is 0.138. The molecule has 1 aromatic heterocycles. The van der Waals surface area contributed by atoms with E-state index in [4.69, 9.17) is 5.73 Å². The molecule has 86 valence electrons. The van der Waals surface area contributed by atoms with Gasteiger partial charge in [0.05, 0.1) is 5.56 Å². The smallest absolute Gasteiger partial charge is 0.253 e. The van der Waals surface area contributed by atoms with Gasteiger partial charge in [-0.05, 0) is 29.8 Å². The Balaban J connectivity index is 1.97. The van der Waals surface area contributed by atoms with E-state index in [2.05, 4.69) is 10.3 Å². The molecule has 0 saturated carbocycles. The number of nitrogens with zero attached hydrogens (tertiary/aromatic N) is 1. The van der Waals surface area contributed by atoms with Crippen molar-refractivity contribution in [2.75, 3.05) is 5.73 Å². The van der Waals surface area contributed by atoms with Crippen molar-refractivity contribution in [2.24, 2.45) is 0 Å². The van der Waals surface area contributed by atoms with Crippen LogP contribution < -0.4 is 11.1 Å². The van der Waals surface area contributed by atoms with Gasteiger partial charge < -0.3 is 11.1 Å². The number of pyridine rings is 1. The summed E-state index contributed by atoms with van der Waals surface area (Å²) in [5.74, 6) is -0.138. The van der Waals surface area contributed by atoms with Gasteiger partial charge in [0.1, 0.15) is 0 Å². The summed E-state index contributed by atoms with van der Waals surface area (Å²) in [7, 11) is 0. The predicted molar refractivity (Wildman–Crippen MR) is 66.3 cm³/mol. The largest absolute Gasteiger partial charge is 0.399 e. The number of hydrogen-bond donors (Lipinski definition) is 2. The molecule has 2 rings (SSSR count). The van der Waals surface area contributed by atoms with Gasteiger partial charge in [0.15, 0.2) is 0 Å². The monoisotopic (exact) mass is 227 g/mol. The molecule has 2 aromatic rings. The van der Waals surface area contributed by atoms with Gasteiger partial charge in [0.25, 0.3) is 5.91 Å². The first kappa shape index (κ1) is 11.1. The van der Waals surface area contributed by atoms with Crippen molar-refractivity contribution in [1.82, 2.24) is 10.3 Å². The van der Waals surface area contributed by atoms with Gasteiger partial charge in [0.2, 0.25) is 0 Å². The molecule has 4 heteroatoms. The number of hydrogen-bond acceptors (Lipinski definition) is 3. The van der Waals surface area contributed by atoms with Gasteiger partial charge in [-0.25, -0.2) is 0 Å². The quantitative estimate of drug-likeness (QED) is 0.782. The van der Waals surface area contributed by atoms with Crippen molar-refractivity contribution in [3.63, 3.8) is 0 Å². The fourth-order valence-electron chi connectivity index (χ4n) is 1.48. The lowest BCUT2D eigenvalue weighted by Gasteiger charge is -2.05. The number of nitrogens with two attached hydrogens (primary N) is 1. The molecule has 0 unspecified atom stereocenters. The van der Waals surface area contributed by atoms with E-state index >= 15 is 0 Å². The Morgan fingerprint density at radius 1 is 1.29 bits per heavy atom. The van der Waals surface area contributed by atoms with Crippen LogP contribution in [0.3, 0.4) is 0 Å². The summed E-state index contributed by atoms with van der Waals surface area (Å²) in [6.45, 7) is 0.457. The van der Waals surface area contributed by atoms with Crippen LogP contribution in [0, 0.1) is 0 Å². The lowest BCUT2D eigenvalue weighted by molar-refractivity contribution is 0.0950. The molecule has 0 aliphatic carbocycles. The molecular formula is C13H13N3O. The number of nitrogen functional groups attached to an aromatic ring is 1. The van der Waals surface area contributed by atoms with Crippen molar-refractivity contribution in [3.05, 3.63) is 59.9 Å². The third-order valence-corrected chi connectivity index (χ3v) is 2.33. The highest BCUT2D eigenvalue weighted by molar-refractivity contribution is 5.93. The van der Waals surface area contributed by atoms with Crippen LogP contribution in [0.2, 0.25) is 0 Å². The molecule has 1 aromatic carbocycles. The second-order valence-corrected chi connectivity index (χ2v) is 3.67. The Hall–Kier alpha value is -2.36. The summed E-state index contributed by atoms with van der Waals surface area (Å²) in [6, 6.07) is 10.9.